The minimum atomic E-state index is -0.765. The Bertz CT molecular complexity index is 1780. The second-order valence-corrected chi connectivity index (χ2v) is 12.9. The predicted octanol–water partition coefficient (Wildman–Crippen LogP) is 3.93. The van der Waals surface area contributed by atoms with Gasteiger partial charge >= 0.3 is 0 Å². The normalized spacial score (nSPS) is 26.6. The first kappa shape index (κ1) is 30.5. The van der Waals surface area contributed by atoms with Crippen molar-refractivity contribution in [3.63, 3.8) is 0 Å². The van der Waals surface area contributed by atoms with Gasteiger partial charge in [0.1, 0.15) is 23.0 Å². The number of carbonyl (C=O) groups excluding carboxylic acids is 4. The Morgan fingerprint density at radius 3 is 1.79 bits per heavy atom. The van der Waals surface area contributed by atoms with Crippen LogP contribution in [0.5, 0.6) is 23.0 Å². The second-order valence-electron chi connectivity index (χ2n) is 12.9. The number of phenolic OH excluding ortho intramolecular Hbond substituents is 3. The van der Waals surface area contributed by atoms with E-state index in [1.807, 2.05) is 6.08 Å². The van der Waals surface area contributed by atoms with Gasteiger partial charge < -0.3 is 20.1 Å². The Labute approximate surface area is 271 Å². The molecular formula is C37H36N2O8. The molecule has 2 heterocycles. The average Bonchev–Trinajstić information content (AvgIpc) is 3.46. The van der Waals surface area contributed by atoms with Crippen molar-refractivity contribution in [2.45, 2.75) is 31.6 Å². The fraction of sp³-hybridized carbons (Fsp3) is 0.351. The minimum Gasteiger partial charge on any atom is -0.508 e. The lowest BCUT2D eigenvalue weighted by Crippen LogP contribution is -2.43. The van der Waals surface area contributed by atoms with Crippen molar-refractivity contribution in [2.24, 2.45) is 29.6 Å². The van der Waals surface area contributed by atoms with E-state index in [2.05, 4.69) is 0 Å². The van der Waals surface area contributed by atoms with E-state index in [-0.39, 0.29) is 60.4 Å². The van der Waals surface area contributed by atoms with Gasteiger partial charge in [-0.05, 0) is 73.1 Å². The molecule has 3 aromatic carbocycles. The maximum absolute atomic E-state index is 14.1. The van der Waals surface area contributed by atoms with Gasteiger partial charge in [0.15, 0.2) is 0 Å². The number of hydrogen-bond donors (Lipinski definition) is 3. The zero-order valence-electron chi connectivity index (χ0n) is 25.9. The van der Waals surface area contributed by atoms with Crippen LogP contribution in [-0.4, -0.2) is 68.9 Å². The van der Waals surface area contributed by atoms with Gasteiger partial charge in [-0.25, -0.2) is 0 Å². The van der Waals surface area contributed by atoms with Crippen molar-refractivity contribution in [1.29, 1.82) is 0 Å². The Morgan fingerprint density at radius 2 is 1.23 bits per heavy atom. The number of amides is 4. The molecule has 3 N–H and O–H groups in total. The number of ether oxygens (including phenoxy) is 1. The van der Waals surface area contributed by atoms with E-state index >= 15 is 0 Å². The number of methoxy groups -OCH3 is 1. The van der Waals surface area contributed by atoms with E-state index in [4.69, 9.17) is 4.74 Å². The maximum Gasteiger partial charge on any atom is 0.234 e. The number of aromatic hydroxyl groups is 3. The maximum atomic E-state index is 14.1. The number of allylic oxidation sites excluding steroid dienone is 2. The van der Waals surface area contributed by atoms with Crippen molar-refractivity contribution in [1.82, 2.24) is 9.80 Å². The molecule has 4 aliphatic rings. The van der Waals surface area contributed by atoms with Crippen molar-refractivity contribution < 1.29 is 39.2 Å². The van der Waals surface area contributed by atoms with Gasteiger partial charge in [0.2, 0.25) is 23.6 Å². The molecule has 0 aromatic heterocycles. The Hall–Kier alpha value is -5.12. The fourth-order valence-corrected chi connectivity index (χ4v) is 8.23. The molecule has 2 aliphatic carbocycles. The summed E-state index contributed by atoms with van der Waals surface area (Å²) in [5, 5.41) is 30.5. The minimum absolute atomic E-state index is 0.0658. The quantitative estimate of drug-likeness (QED) is 0.249. The molecule has 1 saturated carbocycles. The fourth-order valence-electron chi connectivity index (χ4n) is 8.23. The zero-order valence-corrected chi connectivity index (χ0v) is 25.9. The van der Waals surface area contributed by atoms with Gasteiger partial charge in [-0.3, -0.25) is 29.0 Å². The molecule has 0 bridgehead atoms. The third-order valence-electron chi connectivity index (χ3n) is 10.5. The first-order chi connectivity index (χ1) is 22.7. The summed E-state index contributed by atoms with van der Waals surface area (Å²) in [7, 11) is 1.49. The van der Waals surface area contributed by atoms with E-state index in [0.29, 0.717) is 30.6 Å². The lowest BCUT2D eigenvalue weighted by atomic mass is 9.57. The first-order valence-corrected chi connectivity index (χ1v) is 16.0. The molecule has 6 atom stereocenters. The topological polar surface area (TPSA) is 145 Å². The molecule has 10 nitrogen and oxygen atoms in total. The van der Waals surface area contributed by atoms with Crippen LogP contribution in [0.15, 0.2) is 78.4 Å². The number of fused-ring (bicyclic) bond motifs is 4. The van der Waals surface area contributed by atoms with E-state index < -0.39 is 35.5 Å². The molecular weight excluding hydrogens is 600 g/mol. The van der Waals surface area contributed by atoms with Crippen LogP contribution in [0.2, 0.25) is 0 Å². The van der Waals surface area contributed by atoms with Crippen LogP contribution in [0.4, 0.5) is 0 Å². The summed E-state index contributed by atoms with van der Waals surface area (Å²) in [5.74, 6) is -4.30. The average molecular weight is 637 g/mol. The smallest absolute Gasteiger partial charge is 0.234 e. The summed E-state index contributed by atoms with van der Waals surface area (Å²) in [6, 6.07) is 18.2. The Morgan fingerprint density at radius 1 is 0.681 bits per heavy atom. The molecule has 6 unspecified atom stereocenters. The number of nitrogens with zero attached hydrogens (tertiary/aromatic N) is 2. The summed E-state index contributed by atoms with van der Waals surface area (Å²) >= 11 is 0. The monoisotopic (exact) mass is 636 g/mol. The lowest BCUT2D eigenvalue weighted by Gasteiger charge is -2.44. The number of phenols is 3. The van der Waals surface area contributed by atoms with E-state index in [9.17, 15) is 34.5 Å². The first-order valence-electron chi connectivity index (χ1n) is 16.0. The van der Waals surface area contributed by atoms with Crippen LogP contribution >= 0.6 is 0 Å². The summed E-state index contributed by atoms with van der Waals surface area (Å²) in [6.45, 7) is 0.365. The van der Waals surface area contributed by atoms with Crippen LogP contribution in [0, 0.1) is 29.6 Å². The number of imide groups is 2. The van der Waals surface area contributed by atoms with Crippen molar-refractivity contribution in [3.8, 4) is 23.0 Å². The highest BCUT2D eigenvalue weighted by molar-refractivity contribution is 6.08. The Kier molecular flexibility index (Phi) is 7.74. The molecule has 3 fully saturated rings. The number of rotatable bonds is 8. The lowest BCUT2D eigenvalue weighted by molar-refractivity contribution is -0.142. The summed E-state index contributed by atoms with van der Waals surface area (Å²) in [4.78, 5) is 58.5. The molecule has 0 spiro atoms. The van der Waals surface area contributed by atoms with Crippen molar-refractivity contribution in [2.75, 3.05) is 20.2 Å². The number of benzene rings is 3. The summed E-state index contributed by atoms with van der Waals surface area (Å²) in [5.41, 5.74) is 3.05. The van der Waals surface area contributed by atoms with E-state index in [1.54, 1.807) is 60.7 Å². The van der Waals surface area contributed by atoms with Crippen LogP contribution in [0.1, 0.15) is 35.4 Å². The highest BCUT2D eigenvalue weighted by Gasteiger charge is 2.62. The van der Waals surface area contributed by atoms with Crippen molar-refractivity contribution in [3.05, 3.63) is 95.1 Å². The van der Waals surface area contributed by atoms with Gasteiger partial charge in [-0.1, -0.05) is 42.0 Å². The molecule has 242 valence electrons. The molecule has 2 aliphatic heterocycles. The molecule has 4 amide bonds. The third kappa shape index (κ3) is 5.21. The third-order valence-corrected chi connectivity index (χ3v) is 10.5. The Balaban J connectivity index is 1.21. The zero-order chi connectivity index (χ0) is 33.0. The van der Waals surface area contributed by atoms with Crippen LogP contribution < -0.4 is 4.74 Å². The second kappa shape index (κ2) is 11.9. The summed E-state index contributed by atoms with van der Waals surface area (Å²) in [6.07, 6.45) is 3.40. The van der Waals surface area contributed by atoms with Crippen molar-refractivity contribution >= 4 is 23.6 Å². The number of likely N-dealkylation sites (tertiary alicyclic amines) is 2. The van der Waals surface area contributed by atoms with E-state index in [1.165, 1.54) is 23.0 Å². The number of carbonyl (C=O) groups is 4. The molecule has 2 saturated heterocycles. The summed E-state index contributed by atoms with van der Waals surface area (Å²) < 4.78 is 5.30. The molecule has 0 radical (unpaired) electrons. The molecule has 47 heavy (non-hydrogen) atoms. The van der Waals surface area contributed by atoms with Gasteiger partial charge in [0, 0.05) is 30.6 Å². The van der Waals surface area contributed by atoms with Gasteiger partial charge in [0.25, 0.3) is 0 Å². The SMILES string of the molecule is COc1ccc(C2C3=CCC4C(=O)N(CCc5ccc(O)cc5)C(=O)C4C3CC3C(=O)N(CCc4ccc(O)cc4)C(=O)C32)c(O)c1. The van der Waals surface area contributed by atoms with Gasteiger partial charge in [0.05, 0.1) is 30.8 Å². The highest BCUT2D eigenvalue weighted by Crippen LogP contribution is 2.59. The largest absolute Gasteiger partial charge is 0.508 e. The molecule has 7 rings (SSSR count). The van der Waals surface area contributed by atoms with Crippen LogP contribution in [0.3, 0.4) is 0 Å². The van der Waals surface area contributed by atoms with Gasteiger partial charge in [-0.2, -0.15) is 0 Å². The predicted molar refractivity (Wildman–Crippen MR) is 169 cm³/mol. The standard InChI is InChI=1S/C37H36N2O8/c1-47-24-10-11-26(30(42)18-24)31-25-12-13-27-32(36(45)38(34(27)43)16-14-20-2-6-22(40)7-3-20)28(25)19-29-33(31)37(46)39(35(29)44)17-15-21-4-8-23(41)9-5-21/h2-12,18,27-29,31-33,40-42H,13-17,19H2,1H3. The molecule has 10 heteroatoms. The van der Waals surface area contributed by atoms with Crippen LogP contribution in [0.25, 0.3) is 0 Å². The number of hydrogen-bond acceptors (Lipinski definition) is 8. The van der Waals surface area contributed by atoms with E-state index in [0.717, 1.165) is 16.7 Å². The van der Waals surface area contributed by atoms with Gasteiger partial charge in [-0.15, -0.1) is 0 Å². The highest BCUT2D eigenvalue weighted by atomic mass is 16.5. The van der Waals surface area contributed by atoms with Crippen LogP contribution in [-0.2, 0) is 32.0 Å². The molecule has 3 aromatic rings.